The molecule has 0 saturated carbocycles. The highest BCUT2D eigenvalue weighted by molar-refractivity contribution is 5.92. The van der Waals surface area contributed by atoms with E-state index in [2.05, 4.69) is 20.2 Å². The maximum absolute atomic E-state index is 12.2. The van der Waals surface area contributed by atoms with Crippen molar-refractivity contribution < 1.29 is 14.3 Å². The van der Waals surface area contributed by atoms with Gasteiger partial charge < -0.3 is 19.7 Å². The minimum atomic E-state index is 0.0661. The van der Waals surface area contributed by atoms with Crippen molar-refractivity contribution in [1.29, 1.82) is 0 Å². The molecule has 26 heavy (non-hydrogen) atoms. The van der Waals surface area contributed by atoms with Gasteiger partial charge in [-0.15, -0.1) is 0 Å². The first kappa shape index (κ1) is 18.2. The molecule has 2 heterocycles. The summed E-state index contributed by atoms with van der Waals surface area (Å²) in [4.78, 5) is 23.3. The Morgan fingerprint density at radius 1 is 1.15 bits per heavy atom. The zero-order chi connectivity index (χ0) is 18.7. The van der Waals surface area contributed by atoms with Gasteiger partial charge in [-0.25, -0.2) is 9.97 Å². The van der Waals surface area contributed by atoms with Crippen molar-refractivity contribution in [3.8, 4) is 11.5 Å². The van der Waals surface area contributed by atoms with Gasteiger partial charge in [-0.2, -0.15) is 0 Å². The van der Waals surface area contributed by atoms with Crippen LogP contribution < -0.4 is 19.7 Å². The summed E-state index contributed by atoms with van der Waals surface area (Å²) in [6.45, 7) is 5.55. The zero-order valence-electron chi connectivity index (χ0n) is 15.8. The third kappa shape index (κ3) is 3.66. The van der Waals surface area contributed by atoms with E-state index < -0.39 is 0 Å². The van der Waals surface area contributed by atoms with Crippen LogP contribution in [0.25, 0.3) is 10.9 Å². The fourth-order valence-corrected chi connectivity index (χ4v) is 3.38. The van der Waals surface area contributed by atoms with Gasteiger partial charge in [0.25, 0.3) is 0 Å². The molecule has 0 unspecified atom stereocenters. The van der Waals surface area contributed by atoms with Gasteiger partial charge in [0.05, 0.1) is 19.7 Å². The van der Waals surface area contributed by atoms with Gasteiger partial charge >= 0.3 is 0 Å². The van der Waals surface area contributed by atoms with Gasteiger partial charge in [-0.05, 0) is 32.8 Å². The van der Waals surface area contributed by atoms with E-state index in [9.17, 15) is 4.79 Å². The molecule has 0 radical (unpaired) electrons. The lowest BCUT2D eigenvalue weighted by molar-refractivity contribution is -0.126. The molecule has 1 saturated heterocycles. The fraction of sp³-hybridized carbons (Fsp3) is 0.526. The quantitative estimate of drug-likeness (QED) is 0.884. The topological polar surface area (TPSA) is 76.6 Å². The molecule has 1 aromatic heterocycles. The lowest BCUT2D eigenvalue weighted by Gasteiger charge is -2.33. The van der Waals surface area contributed by atoms with Crippen molar-refractivity contribution in [2.75, 3.05) is 32.2 Å². The van der Waals surface area contributed by atoms with Crippen LogP contribution in [0.15, 0.2) is 18.5 Å². The van der Waals surface area contributed by atoms with Crippen LogP contribution in [0.4, 0.5) is 5.82 Å². The lowest BCUT2D eigenvalue weighted by atomic mass is 9.95. The highest BCUT2D eigenvalue weighted by Crippen LogP contribution is 2.35. The van der Waals surface area contributed by atoms with E-state index in [4.69, 9.17) is 9.47 Å². The second-order valence-electron chi connectivity index (χ2n) is 6.85. The fourth-order valence-electron chi connectivity index (χ4n) is 3.38. The number of benzene rings is 1. The molecular weight excluding hydrogens is 332 g/mol. The van der Waals surface area contributed by atoms with Gasteiger partial charge in [0, 0.05) is 36.5 Å². The van der Waals surface area contributed by atoms with Gasteiger partial charge in [-0.3, -0.25) is 4.79 Å². The van der Waals surface area contributed by atoms with Crippen LogP contribution in [-0.2, 0) is 4.79 Å². The van der Waals surface area contributed by atoms with E-state index in [1.54, 1.807) is 20.5 Å². The number of ether oxygens (including phenoxy) is 2. The van der Waals surface area contributed by atoms with Crippen LogP contribution in [0.5, 0.6) is 11.5 Å². The number of nitrogens with one attached hydrogen (secondary N) is 1. The predicted octanol–water partition coefficient (Wildman–Crippen LogP) is 2.39. The van der Waals surface area contributed by atoms with E-state index in [1.807, 2.05) is 26.0 Å². The summed E-state index contributed by atoms with van der Waals surface area (Å²) in [5.74, 6) is 2.39. The molecule has 1 amide bonds. The molecule has 0 bridgehead atoms. The summed E-state index contributed by atoms with van der Waals surface area (Å²) in [6, 6.07) is 3.96. The monoisotopic (exact) mass is 358 g/mol. The first-order valence-electron chi connectivity index (χ1n) is 8.95. The standard InChI is InChI=1S/C19H26N4O3/c1-12(2)22-19(24)13-5-7-23(8-6-13)18-14-9-16(25-3)17(26-4)10-15(14)20-11-21-18/h9-13H,5-8H2,1-4H3,(H,22,24). The molecule has 0 aliphatic carbocycles. The maximum atomic E-state index is 12.2. The number of fused-ring (bicyclic) bond motifs is 1. The molecule has 2 aromatic rings. The Kier molecular flexibility index (Phi) is 5.44. The third-order valence-electron chi connectivity index (χ3n) is 4.72. The van der Waals surface area contributed by atoms with E-state index >= 15 is 0 Å². The van der Waals surface area contributed by atoms with Crippen molar-refractivity contribution in [2.45, 2.75) is 32.7 Å². The summed E-state index contributed by atoms with van der Waals surface area (Å²) >= 11 is 0. The number of rotatable bonds is 5. The molecule has 140 valence electrons. The number of carbonyl (C=O) groups excluding carboxylic acids is 1. The van der Waals surface area contributed by atoms with Crippen LogP contribution in [0.3, 0.4) is 0 Å². The van der Waals surface area contributed by atoms with E-state index in [0.29, 0.717) is 11.5 Å². The number of anilines is 1. The van der Waals surface area contributed by atoms with E-state index in [1.165, 1.54) is 0 Å². The number of hydrogen-bond acceptors (Lipinski definition) is 6. The third-order valence-corrected chi connectivity index (χ3v) is 4.72. The van der Waals surface area contributed by atoms with Crippen LogP contribution in [0.1, 0.15) is 26.7 Å². The number of carbonyl (C=O) groups is 1. The van der Waals surface area contributed by atoms with Crippen LogP contribution in [-0.4, -0.2) is 49.2 Å². The molecule has 7 heteroatoms. The number of amides is 1. The maximum Gasteiger partial charge on any atom is 0.223 e. The molecule has 0 atom stereocenters. The summed E-state index contributed by atoms with van der Waals surface area (Å²) in [7, 11) is 3.23. The second kappa shape index (κ2) is 7.76. The highest BCUT2D eigenvalue weighted by atomic mass is 16.5. The normalized spacial score (nSPS) is 15.3. The Hall–Kier alpha value is -2.57. The number of nitrogens with zero attached hydrogens (tertiary/aromatic N) is 3. The Morgan fingerprint density at radius 3 is 2.42 bits per heavy atom. The molecule has 1 aliphatic heterocycles. The number of hydrogen-bond donors (Lipinski definition) is 1. The molecule has 0 spiro atoms. The minimum Gasteiger partial charge on any atom is -0.493 e. The first-order chi connectivity index (χ1) is 12.5. The summed E-state index contributed by atoms with van der Waals surface area (Å²) < 4.78 is 10.8. The Balaban J connectivity index is 1.82. The molecule has 1 fully saturated rings. The van der Waals surface area contributed by atoms with Crippen molar-refractivity contribution >= 4 is 22.6 Å². The van der Waals surface area contributed by atoms with Crippen molar-refractivity contribution in [2.24, 2.45) is 5.92 Å². The minimum absolute atomic E-state index is 0.0661. The van der Waals surface area contributed by atoms with Gasteiger partial charge in [0.15, 0.2) is 11.5 Å². The highest BCUT2D eigenvalue weighted by Gasteiger charge is 2.27. The molecule has 3 rings (SSSR count). The van der Waals surface area contributed by atoms with Crippen LogP contribution in [0.2, 0.25) is 0 Å². The molecule has 1 aliphatic rings. The summed E-state index contributed by atoms with van der Waals surface area (Å²) in [5, 5.41) is 3.94. The second-order valence-corrected chi connectivity index (χ2v) is 6.85. The zero-order valence-corrected chi connectivity index (χ0v) is 15.8. The van der Waals surface area contributed by atoms with Crippen molar-refractivity contribution in [1.82, 2.24) is 15.3 Å². The van der Waals surface area contributed by atoms with Crippen LogP contribution >= 0.6 is 0 Å². The van der Waals surface area contributed by atoms with E-state index in [-0.39, 0.29) is 17.9 Å². The smallest absolute Gasteiger partial charge is 0.223 e. The first-order valence-corrected chi connectivity index (χ1v) is 8.95. The van der Waals surface area contributed by atoms with Crippen molar-refractivity contribution in [3.05, 3.63) is 18.5 Å². The average molecular weight is 358 g/mol. The van der Waals surface area contributed by atoms with Gasteiger partial charge in [0.1, 0.15) is 12.1 Å². The molecule has 1 N–H and O–H groups in total. The van der Waals surface area contributed by atoms with E-state index in [0.717, 1.165) is 42.7 Å². The summed E-state index contributed by atoms with van der Waals surface area (Å²) in [5.41, 5.74) is 0.812. The average Bonchev–Trinajstić information content (AvgIpc) is 2.65. The molecular formula is C19H26N4O3. The Morgan fingerprint density at radius 2 is 1.81 bits per heavy atom. The molecule has 1 aromatic carbocycles. The number of aromatic nitrogens is 2. The predicted molar refractivity (Wildman–Crippen MR) is 101 cm³/mol. The van der Waals surface area contributed by atoms with Crippen molar-refractivity contribution in [3.63, 3.8) is 0 Å². The van der Waals surface area contributed by atoms with Gasteiger partial charge in [-0.1, -0.05) is 0 Å². The Labute approximate surface area is 153 Å². The number of piperidine rings is 1. The SMILES string of the molecule is COc1cc2ncnc(N3CCC(C(=O)NC(C)C)CC3)c2cc1OC. The van der Waals surface area contributed by atoms with Gasteiger partial charge in [0.2, 0.25) is 5.91 Å². The summed E-state index contributed by atoms with van der Waals surface area (Å²) in [6.07, 6.45) is 3.20. The Bertz CT molecular complexity index is 786. The van der Waals surface area contributed by atoms with Crippen LogP contribution in [0, 0.1) is 5.92 Å². The lowest BCUT2D eigenvalue weighted by Crippen LogP contribution is -2.42. The molecule has 7 nitrogen and oxygen atoms in total. The largest absolute Gasteiger partial charge is 0.493 e. The number of methoxy groups -OCH3 is 2.